The number of anilines is 1. The molecule has 10 heteroatoms. The number of hydrogen-bond donors (Lipinski definition) is 2. The second-order valence-electron chi connectivity index (χ2n) is 8.88. The van der Waals surface area contributed by atoms with E-state index in [1.165, 1.54) is 11.8 Å². The number of methoxy groups -OCH3 is 1. The molecule has 190 valence electrons. The van der Waals surface area contributed by atoms with Crippen molar-refractivity contribution in [2.75, 3.05) is 25.5 Å². The van der Waals surface area contributed by atoms with E-state index in [2.05, 4.69) is 20.8 Å². The van der Waals surface area contributed by atoms with Crippen LogP contribution >= 0.6 is 0 Å². The van der Waals surface area contributed by atoms with E-state index in [4.69, 9.17) is 9.26 Å². The Balaban J connectivity index is 1.57. The number of ether oxygens (including phenoxy) is 1. The first-order chi connectivity index (χ1) is 16.8. The molecule has 0 saturated heterocycles. The molecule has 0 atom stereocenters. The summed E-state index contributed by atoms with van der Waals surface area (Å²) < 4.78 is 10.6. The first-order valence-corrected chi connectivity index (χ1v) is 12.2. The Hall–Kier alpha value is -3.43. The molecule has 1 aromatic heterocycles. The lowest BCUT2D eigenvalue weighted by Crippen LogP contribution is -2.45. The van der Waals surface area contributed by atoms with Gasteiger partial charge in [0.1, 0.15) is 11.3 Å². The summed E-state index contributed by atoms with van der Waals surface area (Å²) in [4.78, 5) is 43.1. The van der Waals surface area contributed by atoms with Gasteiger partial charge in [0.2, 0.25) is 23.6 Å². The van der Waals surface area contributed by atoms with Crippen molar-refractivity contribution in [2.45, 2.75) is 70.8 Å². The van der Waals surface area contributed by atoms with Crippen LogP contribution in [-0.2, 0) is 26.3 Å². The summed E-state index contributed by atoms with van der Waals surface area (Å²) in [5.41, 5.74) is -0.0234. The third-order valence-corrected chi connectivity index (χ3v) is 6.24. The monoisotopic (exact) mass is 485 g/mol. The standard InChI is InChI=1S/C25H35N5O5/c1-4-30(17-21(32)26-19-10-9-11-20(16-19)34-3)23(33)13-12-22-27-24(29-35-22)25(28-18(2)31)14-7-5-6-8-15-25/h9-11,16H,4-8,12-15,17H2,1-3H3,(H,26,32)(H,28,31). The molecule has 0 aliphatic heterocycles. The van der Waals surface area contributed by atoms with Gasteiger partial charge < -0.3 is 24.8 Å². The van der Waals surface area contributed by atoms with Crippen molar-refractivity contribution in [3.8, 4) is 5.75 Å². The van der Waals surface area contributed by atoms with Crippen molar-refractivity contribution in [3.63, 3.8) is 0 Å². The zero-order valence-electron chi connectivity index (χ0n) is 20.8. The van der Waals surface area contributed by atoms with Crippen LogP contribution in [0.15, 0.2) is 28.8 Å². The molecule has 3 rings (SSSR count). The number of likely N-dealkylation sites (N-methyl/N-ethyl adjacent to an activating group) is 1. The molecule has 1 aromatic carbocycles. The van der Waals surface area contributed by atoms with Crippen LogP contribution in [0.4, 0.5) is 5.69 Å². The van der Waals surface area contributed by atoms with Gasteiger partial charge in [0, 0.05) is 38.1 Å². The van der Waals surface area contributed by atoms with Gasteiger partial charge in [0.05, 0.1) is 13.7 Å². The summed E-state index contributed by atoms with van der Waals surface area (Å²) in [5.74, 6) is 0.855. The van der Waals surface area contributed by atoms with Crippen LogP contribution < -0.4 is 15.4 Å². The number of benzene rings is 1. The van der Waals surface area contributed by atoms with Gasteiger partial charge in [0.15, 0.2) is 5.82 Å². The van der Waals surface area contributed by atoms with E-state index in [0.29, 0.717) is 29.7 Å². The lowest BCUT2D eigenvalue weighted by atomic mass is 9.89. The number of carbonyl (C=O) groups is 3. The van der Waals surface area contributed by atoms with E-state index in [9.17, 15) is 14.4 Å². The predicted molar refractivity (Wildman–Crippen MR) is 130 cm³/mol. The minimum Gasteiger partial charge on any atom is -0.497 e. The third kappa shape index (κ3) is 7.27. The Morgan fingerprint density at radius 1 is 1.17 bits per heavy atom. The van der Waals surface area contributed by atoms with Crippen LogP contribution in [0.25, 0.3) is 0 Å². The SMILES string of the molecule is CCN(CC(=O)Nc1cccc(OC)c1)C(=O)CCc1nc(C2(NC(C)=O)CCCCCC2)no1. The van der Waals surface area contributed by atoms with Crippen LogP contribution in [0.2, 0.25) is 0 Å². The average molecular weight is 486 g/mol. The predicted octanol–water partition coefficient (Wildman–Crippen LogP) is 3.18. The second kappa shape index (κ2) is 12.3. The Morgan fingerprint density at radius 3 is 2.57 bits per heavy atom. The number of aryl methyl sites for hydroxylation is 1. The maximum Gasteiger partial charge on any atom is 0.243 e. The van der Waals surface area contributed by atoms with Crippen molar-refractivity contribution in [1.82, 2.24) is 20.4 Å². The molecule has 1 fully saturated rings. The molecule has 1 heterocycles. The molecule has 2 N–H and O–H groups in total. The van der Waals surface area contributed by atoms with Crippen LogP contribution in [0.1, 0.15) is 70.5 Å². The highest BCUT2D eigenvalue weighted by Crippen LogP contribution is 2.34. The van der Waals surface area contributed by atoms with Crippen LogP contribution in [0.3, 0.4) is 0 Å². The smallest absolute Gasteiger partial charge is 0.243 e. The molecule has 2 aromatic rings. The maximum atomic E-state index is 12.8. The summed E-state index contributed by atoms with van der Waals surface area (Å²) >= 11 is 0. The highest BCUT2D eigenvalue weighted by molar-refractivity contribution is 5.94. The highest BCUT2D eigenvalue weighted by Gasteiger charge is 2.38. The molecule has 0 spiro atoms. The van der Waals surface area contributed by atoms with Gasteiger partial charge in [-0.25, -0.2) is 0 Å². The van der Waals surface area contributed by atoms with Gasteiger partial charge in [-0.2, -0.15) is 4.98 Å². The average Bonchev–Trinajstić information content (AvgIpc) is 3.20. The van der Waals surface area contributed by atoms with Crippen LogP contribution in [-0.4, -0.2) is 53.0 Å². The minimum absolute atomic E-state index is 0.0622. The van der Waals surface area contributed by atoms with E-state index in [0.717, 1.165) is 38.5 Å². The van der Waals surface area contributed by atoms with Crippen LogP contribution in [0.5, 0.6) is 5.75 Å². The largest absolute Gasteiger partial charge is 0.497 e. The van der Waals surface area contributed by atoms with E-state index < -0.39 is 5.54 Å². The number of nitrogens with zero attached hydrogens (tertiary/aromatic N) is 3. The fourth-order valence-electron chi connectivity index (χ4n) is 4.45. The number of hydrogen-bond acceptors (Lipinski definition) is 7. The summed E-state index contributed by atoms with van der Waals surface area (Å²) in [7, 11) is 1.56. The molecule has 0 radical (unpaired) electrons. The molecule has 1 saturated carbocycles. The maximum absolute atomic E-state index is 12.8. The summed E-state index contributed by atoms with van der Waals surface area (Å²) in [6.07, 6.45) is 6.09. The summed E-state index contributed by atoms with van der Waals surface area (Å²) in [5, 5.41) is 10.00. The van der Waals surface area contributed by atoms with E-state index in [1.807, 2.05) is 6.92 Å². The summed E-state index contributed by atoms with van der Waals surface area (Å²) in [6.45, 7) is 3.65. The van der Waals surface area contributed by atoms with Gasteiger partial charge in [0.25, 0.3) is 0 Å². The minimum atomic E-state index is -0.623. The highest BCUT2D eigenvalue weighted by atomic mass is 16.5. The second-order valence-corrected chi connectivity index (χ2v) is 8.88. The number of rotatable bonds is 10. The van der Waals surface area contributed by atoms with Crippen molar-refractivity contribution < 1.29 is 23.6 Å². The molecule has 35 heavy (non-hydrogen) atoms. The van der Waals surface area contributed by atoms with E-state index in [1.54, 1.807) is 31.4 Å². The molecule has 1 aliphatic rings. The Bertz CT molecular complexity index is 1010. The molecular weight excluding hydrogens is 450 g/mol. The van der Waals surface area contributed by atoms with Gasteiger partial charge in [-0.05, 0) is 31.9 Å². The first kappa shape index (κ1) is 26.2. The number of aromatic nitrogens is 2. The topological polar surface area (TPSA) is 127 Å². The van der Waals surface area contributed by atoms with Crippen molar-refractivity contribution in [2.24, 2.45) is 0 Å². The fraction of sp³-hybridized carbons (Fsp3) is 0.560. The first-order valence-electron chi connectivity index (χ1n) is 12.2. The molecule has 0 bridgehead atoms. The Morgan fingerprint density at radius 2 is 1.91 bits per heavy atom. The lowest BCUT2D eigenvalue weighted by molar-refractivity contribution is -0.134. The van der Waals surface area contributed by atoms with Crippen LogP contribution in [0, 0.1) is 0 Å². The molecular formula is C25H35N5O5. The zero-order valence-corrected chi connectivity index (χ0v) is 20.8. The van der Waals surface area contributed by atoms with E-state index in [-0.39, 0.29) is 37.1 Å². The molecule has 0 unspecified atom stereocenters. The number of carbonyl (C=O) groups excluding carboxylic acids is 3. The third-order valence-electron chi connectivity index (χ3n) is 6.24. The molecule has 10 nitrogen and oxygen atoms in total. The Labute approximate surface area is 205 Å². The lowest BCUT2D eigenvalue weighted by Gasteiger charge is -2.30. The zero-order chi connectivity index (χ0) is 25.3. The van der Waals surface area contributed by atoms with Gasteiger partial charge in [-0.1, -0.05) is 36.9 Å². The summed E-state index contributed by atoms with van der Waals surface area (Å²) in [6, 6.07) is 7.04. The fourth-order valence-corrected chi connectivity index (χ4v) is 4.45. The number of nitrogens with one attached hydrogen (secondary N) is 2. The normalized spacial score (nSPS) is 15.1. The van der Waals surface area contributed by atoms with Gasteiger partial charge in [-0.15, -0.1) is 0 Å². The van der Waals surface area contributed by atoms with E-state index >= 15 is 0 Å². The Kier molecular flexibility index (Phi) is 9.22. The van der Waals surface area contributed by atoms with Crippen molar-refractivity contribution >= 4 is 23.4 Å². The van der Waals surface area contributed by atoms with Gasteiger partial charge in [-0.3, -0.25) is 14.4 Å². The van der Waals surface area contributed by atoms with Crippen molar-refractivity contribution in [1.29, 1.82) is 0 Å². The number of amides is 3. The van der Waals surface area contributed by atoms with Crippen molar-refractivity contribution in [3.05, 3.63) is 36.0 Å². The molecule has 3 amide bonds. The molecule has 1 aliphatic carbocycles. The quantitative estimate of drug-likeness (QED) is 0.495. The van der Waals surface area contributed by atoms with Gasteiger partial charge >= 0.3 is 0 Å².